The monoisotopic (exact) mass is 432 g/mol. The third kappa shape index (κ3) is 5.01. The maximum Gasteiger partial charge on any atom is 0.267 e. The van der Waals surface area contributed by atoms with Crippen molar-refractivity contribution < 1.29 is 4.79 Å². The topological polar surface area (TPSA) is 93.0 Å². The second-order valence-corrected chi connectivity index (χ2v) is 8.37. The number of hydrogen-bond acceptors (Lipinski definition) is 6. The molecule has 0 spiro atoms. The minimum absolute atomic E-state index is 0.0414. The molecule has 1 fully saturated rings. The lowest BCUT2D eigenvalue weighted by atomic mass is 9.93. The van der Waals surface area contributed by atoms with Crippen LogP contribution in [0.4, 0.5) is 11.5 Å². The minimum atomic E-state index is -0.265. The molecule has 4 rings (SSSR count). The van der Waals surface area contributed by atoms with Gasteiger partial charge in [0.25, 0.3) is 5.56 Å². The zero-order chi connectivity index (χ0) is 22.7. The summed E-state index contributed by atoms with van der Waals surface area (Å²) in [5.74, 6) is 0.866. The molecule has 1 unspecified atom stereocenters. The van der Waals surface area contributed by atoms with Crippen LogP contribution in [0, 0.1) is 20.8 Å². The number of nitrogens with zero attached hydrogens (tertiary/aromatic N) is 5. The Morgan fingerprint density at radius 3 is 2.81 bits per heavy atom. The van der Waals surface area contributed by atoms with Gasteiger partial charge >= 0.3 is 0 Å². The van der Waals surface area contributed by atoms with E-state index in [-0.39, 0.29) is 23.9 Å². The van der Waals surface area contributed by atoms with Crippen LogP contribution in [0.3, 0.4) is 0 Å². The highest BCUT2D eigenvalue weighted by molar-refractivity contribution is 5.76. The van der Waals surface area contributed by atoms with Gasteiger partial charge in [0, 0.05) is 48.3 Å². The fraction of sp³-hybridized carbons (Fsp3) is 0.375. The van der Waals surface area contributed by atoms with Crippen molar-refractivity contribution in [1.82, 2.24) is 24.6 Å². The Balaban J connectivity index is 1.50. The van der Waals surface area contributed by atoms with E-state index in [4.69, 9.17) is 4.98 Å². The van der Waals surface area contributed by atoms with Gasteiger partial charge in [-0.25, -0.2) is 9.67 Å². The quantitative estimate of drug-likeness (QED) is 0.666. The predicted molar refractivity (Wildman–Crippen MR) is 123 cm³/mol. The minimum Gasteiger partial charge on any atom is -0.340 e. The SMILES string of the molecule is Cc1cc(Nc2ncccc2C)cc(C2CCCN(C(=O)Cn3nc(C)ccc3=O)C2)n1. The van der Waals surface area contributed by atoms with Crippen LogP contribution in [-0.2, 0) is 11.3 Å². The molecule has 1 atom stereocenters. The van der Waals surface area contributed by atoms with Gasteiger partial charge in [-0.3, -0.25) is 14.6 Å². The molecular weight excluding hydrogens is 404 g/mol. The van der Waals surface area contributed by atoms with Crippen molar-refractivity contribution in [1.29, 1.82) is 0 Å². The van der Waals surface area contributed by atoms with E-state index < -0.39 is 0 Å². The van der Waals surface area contributed by atoms with E-state index in [0.717, 1.165) is 41.3 Å². The van der Waals surface area contributed by atoms with E-state index >= 15 is 0 Å². The lowest BCUT2D eigenvalue weighted by Gasteiger charge is -2.33. The Kier molecular flexibility index (Phi) is 6.30. The largest absolute Gasteiger partial charge is 0.340 e. The van der Waals surface area contributed by atoms with Crippen molar-refractivity contribution in [3.63, 3.8) is 0 Å². The van der Waals surface area contributed by atoms with Gasteiger partial charge in [0.05, 0.1) is 5.69 Å². The van der Waals surface area contributed by atoms with E-state index in [1.807, 2.05) is 43.0 Å². The van der Waals surface area contributed by atoms with Crippen LogP contribution in [0.5, 0.6) is 0 Å². The molecular formula is C24H28N6O2. The molecule has 32 heavy (non-hydrogen) atoms. The van der Waals surface area contributed by atoms with Crippen molar-refractivity contribution in [3.8, 4) is 0 Å². The van der Waals surface area contributed by atoms with Crippen LogP contribution in [-0.4, -0.2) is 43.6 Å². The number of carbonyl (C=O) groups excluding carboxylic acids is 1. The van der Waals surface area contributed by atoms with Gasteiger partial charge < -0.3 is 10.2 Å². The van der Waals surface area contributed by atoms with Gasteiger partial charge in [-0.2, -0.15) is 5.10 Å². The van der Waals surface area contributed by atoms with Crippen molar-refractivity contribution in [2.75, 3.05) is 18.4 Å². The molecule has 0 bridgehead atoms. The zero-order valence-corrected chi connectivity index (χ0v) is 18.7. The van der Waals surface area contributed by atoms with Gasteiger partial charge in [-0.1, -0.05) is 6.07 Å². The standard InChI is InChI=1S/C24H28N6O2/c1-16-6-4-10-25-24(16)27-20-12-18(3)26-21(13-20)19-7-5-11-29(14-19)23(32)15-30-22(31)9-8-17(2)28-30/h4,6,8-10,12-13,19H,5,7,11,14-15H2,1-3H3,(H,25,26,27). The number of hydrogen-bond donors (Lipinski definition) is 1. The number of aryl methyl sites for hydroxylation is 3. The molecule has 1 amide bonds. The fourth-order valence-electron chi connectivity index (χ4n) is 4.07. The summed E-state index contributed by atoms with van der Waals surface area (Å²) in [5.41, 5.74) is 4.33. The lowest BCUT2D eigenvalue weighted by Crippen LogP contribution is -2.42. The van der Waals surface area contributed by atoms with Gasteiger partial charge in [0.2, 0.25) is 5.91 Å². The van der Waals surface area contributed by atoms with Crippen LogP contribution in [0.1, 0.15) is 41.4 Å². The van der Waals surface area contributed by atoms with Crippen molar-refractivity contribution >= 4 is 17.4 Å². The number of aromatic nitrogens is 4. The average molecular weight is 433 g/mol. The van der Waals surface area contributed by atoms with Crippen molar-refractivity contribution in [3.05, 3.63) is 75.6 Å². The molecule has 1 N–H and O–H groups in total. The fourth-order valence-corrected chi connectivity index (χ4v) is 4.07. The molecule has 8 heteroatoms. The van der Waals surface area contributed by atoms with Gasteiger partial charge in [-0.15, -0.1) is 0 Å². The number of anilines is 2. The van der Waals surface area contributed by atoms with Crippen LogP contribution in [0.25, 0.3) is 0 Å². The third-order valence-electron chi connectivity index (χ3n) is 5.72. The van der Waals surface area contributed by atoms with Crippen LogP contribution in [0.15, 0.2) is 47.4 Å². The number of amides is 1. The van der Waals surface area contributed by atoms with E-state index in [1.54, 1.807) is 19.2 Å². The molecule has 1 aliphatic rings. The Morgan fingerprint density at radius 1 is 1.16 bits per heavy atom. The summed E-state index contributed by atoms with van der Waals surface area (Å²) in [7, 11) is 0. The van der Waals surface area contributed by atoms with Crippen molar-refractivity contribution in [2.24, 2.45) is 0 Å². The summed E-state index contributed by atoms with van der Waals surface area (Å²) in [5, 5.41) is 7.58. The first-order valence-corrected chi connectivity index (χ1v) is 10.9. The predicted octanol–water partition coefficient (Wildman–Crippen LogP) is 3.11. The number of carbonyl (C=O) groups is 1. The Bertz CT molecular complexity index is 1190. The third-order valence-corrected chi connectivity index (χ3v) is 5.72. The van der Waals surface area contributed by atoms with E-state index in [2.05, 4.69) is 15.4 Å². The van der Waals surface area contributed by atoms with E-state index in [9.17, 15) is 9.59 Å². The second kappa shape index (κ2) is 9.30. The number of nitrogens with one attached hydrogen (secondary N) is 1. The van der Waals surface area contributed by atoms with Gasteiger partial charge in [-0.05, 0) is 63.4 Å². The zero-order valence-electron chi connectivity index (χ0n) is 18.7. The molecule has 1 aliphatic heterocycles. The molecule has 3 aromatic heterocycles. The first-order chi connectivity index (χ1) is 15.4. The summed E-state index contributed by atoms with van der Waals surface area (Å²) in [4.78, 5) is 35.9. The molecule has 0 saturated carbocycles. The maximum absolute atomic E-state index is 12.9. The Hall–Kier alpha value is -3.55. The summed E-state index contributed by atoms with van der Waals surface area (Å²) in [6.07, 6.45) is 3.62. The molecule has 0 radical (unpaired) electrons. The molecule has 4 heterocycles. The van der Waals surface area contributed by atoms with Crippen LogP contribution in [0.2, 0.25) is 0 Å². The van der Waals surface area contributed by atoms with Gasteiger partial charge in [0.15, 0.2) is 0 Å². The molecule has 166 valence electrons. The molecule has 8 nitrogen and oxygen atoms in total. The van der Waals surface area contributed by atoms with Gasteiger partial charge in [0.1, 0.15) is 12.4 Å². The highest BCUT2D eigenvalue weighted by Gasteiger charge is 2.26. The van der Waals surface area contributed by atoms with Crippen LogP contribution >= 0.6 is 0 Å². The average Bonchev–Trinajstić information content (AvgIpc) is 2.77. The Labute approximate surface area is 187 Å². The Morgan fingerprint density at radius 2 is 2.00 bits per heavy atom. The smallest absolute Gasteiger partial charge is 0.267 e. The van der Waals surface area contributed by atoms with Crippen molar-refractivity contribution in [2.45, 2.75) is 46.1 Å². The highest BCUT2D eigenvalue weighted by atomic mass is 16.2. The molecule has 0 aliphatic carbocycles. The molecule has 1 saturated heterocycles. The van der Waals surface area contributed by atoms with Crippen LogP contribution < -0.4 is 10.9 Å². The van der Waals surface area contributed by atoms with E-state index in [1.165, 1.54) is 10.7 Å². The number of rotatable bonds is 5. The first kappa shape index (κ1) is 21.7. The number of likely N-dealkylation sites (tertiary alicyclic amines) is 1. The highest BCUT2D eigenvalue weighted by Crippen LogP contribution is 2.29. The summed E-state index contributed by atoms with van der Waals surface area (Å²) < 4.78 is 1.24. The van der Waals surface area contributed by atoms with E-state index in [0.29, 0.717) is 18.8 Å². The summed E-state index contributed by atoms with van der Waals surface area (Å²) >= 11 is 0. The second-order valence-electron chi connectivity index (χ2n) is 8.37. The summed E-state index contributed by atoms with van der Waals surface area (Å²) in [6.45, 7) is 7.02. The molecule has 3 aromatic rings. The summed E-state index contributed by atoms with van der Waals surface area (Å²) in [6, 6.07) is 11.1. The normalized spacial score (nSPS) is 16.1. The molecule has 0 aromatic carbocycles. The number of piperidine rings is 1. The lowest BCUT2D eigenvalue weighted by molar-refractivity contribution is -0.133. The maximum atomic E-state index is 12.9. The number of pyridine rings is 2. The first-order valence-electron chi connectivity index (χ1n) is 10.9.